The number of benzene rings is 1. The smallest absolute Gasteiger partial charge is 0.324 e. The monoisotopic (exact) mass is 496 g/mol. The van der Waals surface area contributed by atoms with E-state index in [-0.39, 0.29) is 24.2 Å². The van der Waals surface area contributed by atoms with Crippen molar-refractivity contribution in [2.24, 2.45) is 0 Å². The molecule has 0 unspecified atom stereocenters. The second-order valence-electron chi connectivity index (χ2n) is 7.13. The molecule has 3 radical (unpaired) electrons. The van der Waals surface area contributed by atoms with Crippen LogP contribution in [0.3, 0.4) is 0 Å². The van der Waals surface area contributed by atoms with Crippen molar-refractivity contribution >= 4 is 39.1 Å². The fourth-order valence-corrected chi connectivity index (χ4v) is 5.97. The third-order valence-corrected chi connectivity index (χ3v) is 7.40. The number of hydrogen-bond donors (Lipinski definition) is 0. The molecule has 0 N–H and O–H groups in total. The first-order chi connectivity index (χ1) is 15.0. The van der Waals surface area contributed by atoms with Crippen molar-refractivity contribution in [2.75, 3.05) is 0 Å². The number of aryl methyl sites for hydroxylation is 1. The van der Waals surface area contributed by atoms with Gasteiger partial charge in [-0.05, 0) is 36.3 Å². The van der Waals surface area contributed by atoms with Gasteiger partial charge < -0.3 is 4.90 Å². The molecule has 1 aromatic carbocycles. The summed E-state index contributed by atoms with van der Waals surface area (Å²) in [5.74, 6) is -1.35. The zero-order valence-corrected chi connectivity index (χ0v) is 19.2. The summed E-state index contributed by atoms with van der Waals surface area (Å²) in [6.45, 7) is 5.45. The van der Waals surface area contributed by atoms with E-state index in [1.807, 2.05) is 0 Å². The fraction of sp³-hybridized carbons (Fsp3) is 0.238. The van der Waals surface area contributed by atoms with Crippen molar-refractivity contribution in [1.29, 1.82) is 0 Å². The molecule has 1 aliphatic rings. The Labute approximate surface area is 193 Å². The van der Waals surface area contributed by atoms with E-state index < -0.39 is 34.3 Å². The Morgan fingerprint density at radius 2 is 2.12 bits per heavy atom. The van der Waals surface area contributed by atoms with Crippen LogP contribution in [-0.2, 0) is 29.2 Å². The molecule has 165 valence electrons. The molecular formula is C21H15ClF4N3OSSi. The van der Waals surface area contributed by atoms with Crippen LogP contribution in [0.25, 0.3) is 11.1 Å². The van der Waals surface area contributed by atoms with Crippen LogP contribution in [-0.4, -0.2) is 30.8 Å². The average Bonchev–Trinajstić information content (AvgIpc) is 3.40. The maximum Gasteiger partial charge on any atom is 0.435 e. The molecule has 0 saturated heterocycles. The number of fused-ring (bicyclic) bond motifs is 1. The van der Waals surface area contributed by atoms with Crippen LogP contribution < -0.4 is 0 Å². The van der Waals surface area contributed by atoms with Gasteiger partial charge in [-0.15, -0.1) is 11.3 Å². The van der Waals surface area contributed by atoms with Crippen LogP contribution in [0.5, 0.6) is 0 Å². The van der Waals surface area contributed by atoms with E-state index in [0.29, 0.717) is 9.90 Å². The maximum absolute atomic E-state index is 15.3. The second-order valence-corrected chi connectivity index (χ2v) is 9.63. The van der Waals surface area contributed by atoms with Gasteiger partial charge >= 0.3 is 6.18 Å². The Bertz CT molecular complexity index is 1240. The molecule has 3 aromatic rings. The lowest BCUT2D eigenvalue weighted by Gasteiger charge is -2.37. The Hall–Kier alpha value is -2.43. The molecule has 0 spiro atoms. The summed E-state index contributed by atoms with van der Waals surface area (Å²) in [6.07, 6.45) is -2.55. The standard InChI is InChI=1S/C21H15ClF4N3OSSi/c1-3-17(30)29-10-15-13(8-16(22)31-15)20(29,32)12-6-5-7-14(23)18(12)11-9-28(4-2)27-19(11)21(24,25)26/h3,5-9H,1,4,10H2,2H3/t20-/m1/s1. The van der Waals surface area contributed by atoms with Gasteiger partial charge in [-0.25, -0.2) is 4.39 Å². The van der Waals surface area contributed by atoms with Crippen molar-refractivity contribution in [1.82, 2.24) is 14.7 Å². The number of carbonyl (C=O) groups is 1. The number of nitrogens with zero attached hydrogens (tertiary/aromatic N) is 3. The van der Waals surface area contributed by atoms with E-state index in [9.17, 15) is 18.0 Å². The minimum atomic E-state index is -4.81. The minimum Gasteiger partial charge on any atom is -0.324 e. The number of amides is 1. The van der Waals surface area contributed by atoms with E-state index in [1.54, 1.807) is 13.0 Å². The summed E-state index contributed by atoms with van der Waals surface area (Å²) < 4.78 is 58.3. The highest BCUT2D eigenvalue weighted by Crippen LogP contribution is 2.50. The van der Waals surface area contributed by atoms with Gasteiger partial charge in [-0.2, -0.15) is 18.3 Å². The SMILES string of the molecule is C=CC(=O)N1Cc2sc(Cl)cc2[C@]1([Si])c1cccc(F)c1-c1cn(CC)nc1C(F)(F)F. The maximum atomic E-state index is 15.3. The molecular weight excluding hydrogens is 482 g/mol. The highest BCUT2D eigenvalue weighted by atomic mass is 35.5. The number of halogens is 5. The molecule has 0 fully saturated rings. The Morgan fingerprint density at radius 1 is 1.41 bits per heavy atom. The predicted octanol–water partition coefficient (Wildman–Crippen LogP) is 5.34. The summed E-state index contributed by atoms with van der Waals surface area (Å²) in [6, 6.07) is 5.57. The number of rotatable bonds is 4. The van der Waals surface area contributed by atoms with Gasteiger partial charge in [0.2, 0.25) is 5.91 Å². The molecule has 1 atom stereocenters. The minimum absolute atomic E-state index is 0.124. The largest absolute Gasteiger partial charge is 0.435 e. The van der Waals surface area contributed by atoms with Gasteiger partial charge in [-0.3, -0.25) is 9.48 Å². The predicted molar refractivity (Wildman–Crippen MR) is 115 cm³/mol. The summed E-state index contributed by atoms with van der Waals surface area (Å²) >= 11 is 7.43. The van der Waals surface area contributed by atoms with Crippen LogP contribution >= 0.6 is 22.9 Å². The Balaban J connectivity index is 2.05. The first-order valence-corrected chi connectivity index (χ1v) is 11.1. The molecule has 1 amide bonds. The molecule has 1 aliphatic heterocycles. The highest BCUT2D eigenvalue weighted by Gasteiger charge is 2.48. The second kappa shape index (κ2) is 7.86. The lowest BCUT2D eigenvalue weighted by Crippen LogP contribution is -2.46. The normalized spacial score (nSPS) is 18.2. The summed E-state index contributed by atoms with van der Waals surface area (Å²) in [7, 11) is 3.66. The third-order valence-electron chi connectivity index (χ3n) is 5.34. The van der Waals surface area contributed by atoms with Crippen LogP contribution in [0.4, 0.5) is 17.6 Å². The van der Waals surface area contributed by atoms with Crippen LogP contribution in [0, 0.1) is 5.82 Å². The lowest BCUT2D eigenvalue weighted by atomic mass is 9.90. The van der Waals surface area contributed by atoms with E-state index in [1.165, 1.54) is 28.4 Å². The first-order valence-electron chi connectivity index (χ1n) is 9.44. The lowest BCUT2D eigenvalue weighted by molar-refractivity contribution is -0.141. The summed E-state index contributed by atoms with van der Waals surface area (Å²) in [4.78, 5) is 14.8. The van der Waals surface area contributed by atoms with Crippen LogP contribution in [0.15, 0.2) is 43.1 Å². The number of alkyl halides is 3. The van der Waals surface area contributed by atoms with E-state index >= 15 is 4.39 Å². The zero-order valence-electron chi connectivity index (χ0n) is 16.6. The summed E-state index contributed by atoms with van der Waals surface area (Å²) in [5.41, 5.74) is -1.23. The van der Waals surface area contributed by atoms with Crippen molar-refractivity contribution in [3.63, 3.8) is 0 Å². The molecule has 2 aromatic heterocycles. The number of thiophene rings is 1. The van der Waals surface area contributed by atoms with Gasteiger partial charge in [0.15, 0.2) is 5.69 Å². The van der Waals surface area contributed by atoms with E-state index in [0.717, 1.165) is 27.9 Å². The summed E-state index contributed by atoms with van der Waals surface area (Å²) in [5, 5.41) is 2.16. The van der Waals surface area contributed by atoms with Crippen molar-refractivity contribution < 1.29 is 22.4 Å². The van der Waals surface area contributed by atoms with E-state index in [2.05, 4.69) is 21.9 Å². The third kappa shape index (κ3) is 3.41. The molecule has 3 heterocycles. The number of hydrogen-bond acceptors (Lipinski definition) is 3. The van der Waals surface area contributed by atoms with Gasteiger partial charge in [0.25, 0.3) is 0 Å². The number of aromatic nitrogens is 2. The van der Waals surface area contributed by atoms with Gasteiger partial charge in [0.05, 0.1) is 26.3 Å². The van der Waals surface area contributed by atoms with Crippen LogP contribution in [0.1, 0.15) is 28.6 Å². The highest BCUT2D eigenvalue weighted by molar-refractivity contribution is 7.16. The number of carbonyl (C=O) groups excluding carboxylic acids is 1. The molecule has 0 aliphatic carbocycles. The van der Waals surface area contributed by atoms with Crippen molar-refractivity contribution in [3.8, 4) is 11.1 Å². The zero-order chi connectivity index (χ0) is 23.4. The fourth-order valence-electron chi connectivity index (χ4n) is 3.95. The van der Waals surface area contributed by atoms with E-state index in [4.69, 9.17) is 11.6 Å². The van der Waals surface area contributed by atoms with Crippen LogP contribution in [0.2, 0.25) is 4.34 Å². The first kappa shape index (κ1) is 22.7. The molecule has 0 bridgehead atoms. The Kier molecular flexibility index (Phi) is 5.59. The van der Waals surface area contributed by atoms with Crippen molar-refractivity contribution in [3.05, 3.63) is 75.0 Å². The molecule has 32 heavy (non-hydrogen) atoms. The Morgan fingerprint density at radius 3 is 2.75 bits per heavy atom. The van der Waals surface area contributed by atoms with Gasteiger partial charge in [-0.1, -0.05) is 30.3 Å². The molecule has 11 heteroatoms. The van der Waals surface area contributed by atoms with Gasteiger partial charge in [0.1, 0.15) is 5.82 Å². The van der Waals surface area contributed by atoms with Gasteiger partial charge in [0, 0.05) is 28.7 Å². The average molecular weight is 497 g/mol. The van der Waals surface area contributed by atoms with Crippen molar-refractivity contribution in [2.45, 2.75) is 31.4 Å². The topological polar surface area (TPSA) is 38.1 Å². The quantitative estimate of drug-likeness (QED) is 0.278. The molecule has 0 saturated carbocycles. The molecule has 4 nitrogen and oxygen atoms in total. The molecule has 4 rings (SSSR count).